The monoisotopic (exact) mass is 1340 g/mol. The number of hydrogen-bond acceptors (Lipinski definition) is 14. The van der Waals surface area contributed by atoms with Crippen LogP contribution in [0.5, 0.6) is 0 Å². The maximum absolute atomic E-state index is 15.0. The van der Waals surface area contributed by atoms with E-state index in [1.165, 1.54) is 34.3 Å². The number of benzene rings is 2. The van der Waals surface area contributed by atoms with Crippen LogP contribution in [-0.4, -0.2) is 170 Å². The molecule has 32 heteroatoms. The van der Waals surface area contributed by atoms with Crippen LogP contribution >= 0.6 is 79.8 Å². The van der Waals surface area contributed by atoms with Crippen molar-refractivity contribution in [2.75, 3.05) is 36.9 Å². The fourth-order valence-electron chi connectivity index (χ4n) is 10.2. The number of nitrogens with two attached hydrogens (primary N) is 3. The van der Waals surface area contributed by atoms with Gasteiger partial charge in [0.15, 0.2) is 5.96 Å². The number of urea groups is 1. The van der Waals surface area contributed by atoms with Crippen LogP contribution in [0.1, 0.15) is 81.5 Å². The van der Waals surface area contributed by atoms with Crippen LogP contribution in [-0.2, 0) is 57.6 Å². The van der Waals surface area contributed by atoms with E-state index in [1.54, 1.807) is 18.0 Å². The first-order valence-electron chi connectivity index (χ1n) is 28.4. The molecule has 9 atom stereocenters. The zero-order valence-corrected chi connectivity index (χ0v) is 53.0. The van der Waals surface area contributed by atoms with E-state index in [-0.39, 0.29) is 124 Å². The minimum absolute atomic E-state index is 0.0180. The van der Waals surface area contributed by atoms with E-state index in [0.29, 0.717) is 36.9 Å². The summed E-state index contributed by atoms with van der Waals surface area (Å²) in [6.45, 7) is 1.29. The number of guanidine groups is 1. The number of para-hydroxylation sites is 1. The lowest BCUT2D eigenvalue weighted by Gasteiger charge is -2.29. The van der Waals surface area contributed by atoms with E-state index in [0.717, 1.165) is 33.9 Å². The number of H-pyrrole nitrogens is 2. The molecule has 3 aliphatic heterocycles. The molecule has 4 aromatic rings. The van der Waals surface area contributed by atoms with E-state index in [2.05, 4.69) is 62.5 Å². The van der Waals surface area contributed by atoms with Gasteiger partial charge in [0.05, 0.1) is 45.0 Å². The predicted octanol–water partition coefficient (Wildman–Crippen LogP) is 3.12. The first kappa shape index (κ1) is 68.2. The van der Waals surface area contributed by atoms with E-state index in [9.17, 15) is 43.2 Å². The number of aromatic nitrogens is 3. The third kappa shape index (κ3) is 19.8. The Balaban J connectivity index is 1.20. The summed E-state index contributed by atoms with van der Waals surface area (Å²) in [6, 6.07) is 0.333. The van der Waals surface area contributed by atoms with Gasteiger partial charge in [0.1, 0.15) is 36.3 Å². The van der Waals surface area contributed by atoms with Crippen molar-refractivity contribution in [3.63, 3.8) is 0 Å². The molecule has 10 amide bonds. The third-order valence-corrected chi connectivity index (χ3v) is 20.5. The van der Waals surface area contributed by atoms with Crippen molar-refractivity contribution in [2.45, 2.75) is 138 Å². The van der Waals surface area contributed by atoms with Crippen LogP contribution in [0.25, 0.3) is 10.9 Å². The average molecular weight is 1340 g/mol. The highest BCUT2D eigenvalue weighted by atomic mass is 35.5. The number of amides is 10. The summed E-state index contributed by atoms with van der Waals surface area (Å²) < 4.78 is 0. The smallest absolute Gasteiger partial charge is 0.315 e. The van der Waals surface area contributed by atoms with Gasteiger partial charge in [-0.1, -0.05) is 112 Å². The van der Waals surface area contributed by atoms with Gasteiger partial charge in [0.2, 0.25) is 47.3 Å². The summed E-state index contributed by atoms with van der Waals surface area (Å²) in [4.78, 5) is 143. The van der Waals surface area contributed by atoms with E-state index in [1.807, 2.05) is 31.2 Å². The Bertz CT molecular complexity index is 3140. The topological polar surface area (TPSA) is 388 Å². The number of thioether (sulfide) groups is 1. The van der Waals surface area contributed by atoms with Crippen LogP contribution in [0.15, 0.2) is 54.0 Å². The van der Waals surface area contributed by atoms with Crippen LogP contribution in [0.4, 0.5) is 4.79 Å². The third-order valence-electron chi connectivity index (χ3n) is 14.8. The van der Waals surface area contributed by atoms with Gasteiger partial charge < -0.3 is 74.6 Å². The number of rotatable bonds is 21. The summed E-state index contributed by atoms with van der Waals surface area (Å²) in [6.07, 6.45) is 7.39. The highest BCUT2D eigenvalue weighted by Crippen LogP contribution is 2.39. The molecule has 87 heavy (non-hydrogen) atoms. The van der Waals surface area contributed by atoms with Gasteiger partial charge in [0, 0.05) is 90.3 Å². The molecule has 3 saturated heterocycles. The van der Waals surface area contributed by atoms with Crippen molar-refractivity contribution in [3.8, 4) is 0 Å². The molecule has 0 spiro atoms. The first-order valence-corrected chi connectivity index (χ1v) is 33.4. The Labute approximate surface area is 534 Å². The van der Waals surface area contributed by atoms with Crippen molar-refractivity contribution in [2.24, 2.45) is 22.2 Å². The van der Waals surface area contributed by atoms with Gasteiger partial charge in [-0.2, -0.15) is 11.8 Å². The van der Waals surface area contributed by atoms with Gasteiger partial charge in [-0.15, -0.1) is 0 Å². The standard InChI is InChI=1S/C55H72Cl4N16O9S3/c1-2-3-10-35(67-42(76)14-7-6-13-41-47-39(25-85-41)73-55(84)74-47)53(83)75-16-17-86-87-26-40(48(60)78)72-51(81)37(20-29-22-65-33-11-5-4-9-31(29)33)70-49(79)34(12-8-15-64-54(61)62)69-50(80)36(19-28-18-32(56)45(58)46(59)44(28)57)71-52(82)38(68-43(77)24-75)21-30-23-63-27-66-30/h4-5,9,11,18,22-23,27,34-41,47,65H,2-3,6-8,10,12-17,19-21,24-26H2,1H3,(H2,60,78)(H,63,66)(H,67,76)(H,68,77)(H,69,80)(H,70,79)(H,71,82)(H,72,81)(H4,61,62,64)(H2,73,74,84)/t34-,35-,36+,37-,38-,39-,40-,41-,47-/m0/s1. The fourth-order valence-corrected chi connectivity index (χ4v) is 14.9. The Morgan fingerprint density at radius 1 is 0.759 bits per heavy atom. The molecule has 0 bridgehead atoms. The molecule has 7 rings (SSSR count). The largest absolute Gasteiger partial charge is 0.370 e. The Hall–Kier alpha value is -6.30. The number of halogens is 4. The van der Waals surface area contributed by atoms with Gasteiger partial charge in [-0.25, -0.2) is 9.78 Å². The normalized spacial score (nSPS) is 23.1. The Kier molecular flexibility index (Phi) is 26.1. The van der Waals surface area contributed by atoms with E-state index in [4.69, 9.17) is 63.6 Å². The molecule has 5 heterocycles. The second-order valence-corrected chi connectivity index (χ2v) is 26.7. The van der Waals surface area contributed by atoms with Crippen molar-refractivity contribution in [1.82, 2.24) is 62.4 Å². The molecule has 0 aliphatic carbocycles. The van der Waals surface area contributed by atoms with E-state index < -0.39 is 90.6 Å². The summed E-state index contributed by atoms with van der Waals surface area (Å²) in [5.41, 5.74) is 19.1. The number of unbranched alkanes of at least 4 members (excludes halogenated alkanes) is 2. The number of nitrogens with zero attached hydrogens (tertiary/aromatic N) is 3. The predicted molar refractivity (Wildman–Crippen MR) is 340 cm³/mol. The van der Waals surface area contributed by atoms with Crippen LogP contribution in [0, 0.1) is 0 Å². The number of hydrogen-bond donors (Lipinski definition) is 13. The van der Waals surface area contributed by atoms with Gasteiger partial charge in [-0.3, -0.25) is 43.3 Å². The quantitative estimate of drug-likeness (QED) is 0.0108. The molecule has 2 aromatic heterocycles. The lowest BCUT2D eigenvalue weighted by atomic mass is 10.0. The molecule has 0 saturated carbocycles. The molecule has 0 unspecified atom stereocenters. The lowest BCUT2D eigenvalue weighted by Crippen LogP contribution is -2.60. The van der Waals surface area contributed by atoms with E-state index >= 15 is 0 Å². The molecule has 2 aromatic carbocycles. The van der Waals surface area contributed by atoms with Gasteiger partial charge >= 0.3 is 6.03 Å². The summed E-state index contributed by atoms with van der Waals surface area (Å²) in [5, 5.41) is 23.1. The second kappa shape index (κ2) is 33.3. The van der Waals surface area contributed by atoms with Crippen LogP contribution < -0.4 is 59.7 Å². The minimum atomic E-state index is -1.62. The minimum Gasteiger partial charge on any atom is -0.370 e. The van der Waals surface area contributed by atoms with Crippen molar-refractivity contribution in [3.05, 3.63) is 86.0 Å². The van der Waals surface area contributed by atoms with Crippen LogP contribution in [0.3, 0.4) is 0 Å². The fraction of sp³-hybridized carbons (Fsp3) is 0.509. The summed E-state index contributed by atoms with van der Waals surface area (Å²) in [5.74, 6) is -5.41. The number of primary amides is 1. The first-order chi connectivity index (χ1) is 41.7. The average Bonchev–Trinajstić information content (AvgIpc) is 2.58. The summed E-state index contributed by atoms with van der Waals surface area (Å²) in [7, 11) is 2.38. The SMILES string of the molecule is CCCC[C@H](NC(=O)CCCC[C@@H]1SC[C@@H]2NC(=O)N[C@@H]21)C(=O)N1CCSSC[C@@H](C(N)=O)NC(=O)[C@H](Cc2c[nH]c3ccccc23)NC(=O)[C@H](CCCN=C(N)N)NC(=O)[C@@H](Cc2cc(Cl)c(Cl)c(Cl)c2Cl)NC(=O)[C@H](Cc2cnc[nH]2)NC(=O)C1. The maximum Gasteiger partial charge on any atom is 0.315 e. The molecule has 16 N–H and O–H groups in total. The molecule has 0 radical (unpaired) electrons. The molecular formula is C55H72Cl4N16O9S3. The lowest BCUT2D eigenvalue weighted by molar-refractivity contribution is -0.140. The number of fused-ring (bicyclic) bond motifs is 2. The Morgan fingerprint density at radius 2 is 1.46 bits per heavy atom. The highest BCUT2D eigenvalue weighted by molar-refractivity contribution is 8.76. The molecule has 25 nitrogen and oxygen atoms in total. The zero-order valence-electron chi connectivity index (χ0n) is 47.5. The number of carbonyl (C=O) groups is 9. The highest BCUT2D eigenvalue weighted by Gasteiger charge is 2.43. The molecule has 3 aliphatic rings. The number of nitrogens with one attached hydrogen (secondary N) is 10. The Morgan fingerprint density at radius 3 is 2.17 bits per heavy atom. The number of imidazole rings is 1. The van der Waals surface area contributed by atoms with Crippen molar-refractivity contribution in [1.29, 1.82) is 0 Å². The summed E-state index contributed by atoms with van der Waals surface area (Å²) >= 11 is 27.8. The molecular weight excluding hydrogens is 1270 g/mol. The molecule has 472 valence electrons. The maximum atomic E-state index is 15.0. The van der Waals surface area contributed by atoms with Gasteiger partial charge in [0.25, 0.3) is 0 Å². The van der Waals surface area contributed by atoms with Gasteiger partial charge in [-0.05, 0) is 55.4 Å². The van der Waals surface area contributed by atoms with Crippen molar-refractivity contribution >= 4 is 150 Å². The number of carbonyl (C=O) groups excluding carboxylic acids is 9. The number of aliphatic imine (C=N–C) groups is 1. The van der Waals surface area contributed by atoms with Crippen LogP contribution in [0.2, 0.25) is 20.1 Å². The second-order valence-electron chi connectivity index (χ2n) is 21.2. The molecule has 3 fully saturated rings. The van der Waals surface area contributed by atoms with Crippen molar-refractivity contribution < 1.29 is 43.2 Å². The zero-order chi connectivity index (χ0) is 62.7. The number of aromatic amines is 2.